The lowest BCUT2D eigenvalue weighted by Crippen LogP contribution is -2.45. The highest BCUT2D eigenvalue weighted by atomic mass is 16.5. The number of rotatable bonds is 6. The van der Waals surface area contributed by atoms with Crippen molar-refractivity contribution in [1.82, 2.24) is 20.5 Å². The van der Waals surface area contributed by atoms with Gasteiger partial charge in [0.2, 0.25) is 0 Å². The van der Waals surface area contributed by atoms with Crippen LogP contribution in [0.1, 0.15) is 26.1 Å². The molecule has 1 aliphatic heterocycles. The molecule has 0 spiro atoms. The molecule has 140 valence electrons. The van der Waals surface area contributed by atoms with E-state index >= 15 is 0 Å². The minimum Gasteiger partial charge on any atom is -0.372 e. The first kappa shape index (κ1) is 18.2. The second kappa shape index (κ2) is 8.66. The summed E-state index contributed by atoms with van der Waals surface area (Å²) in [6, 6.07) is 7.67. The van der Waals surface area contributed by atoms with Crippen molar-refractivity contribution in [2.24, 2.45) is 0 Å². The number of carbonyl (C=O) groups is 1. The normalized spacial score (nSPS) is 20.0. The van der Waals surface area contributed by atoms with Crippen LogP contribution < -0.4 is 15.5 Å². The van der Waals surface area contributed by atoms with Crippen LogP contribution >= 0.6 is 0 Å². The fourth-order valence-corrected chi connectivity index (χ4v) is 3.21. The van der Waals surface area contributed by atoms with E-state index in [-0.39, 0.29) is 18.2 Å². The fraction of sp³-hybridized carbons (Fsp3) is 0.500. The molecule has 1 aliphatic rings. The largest absolute Gasteiger partial charge is 0.372 e. The molecule has 0 radical (unpaired) electrons. The maximum absolute atomic E-state index is 12.2. The number of ether oxygens (including phenoxy) is 1. The Morgan fingerprint density at radius 1 is 1.31 bits per heavy atom. The second-order valence-corrected chi connectivity index (χ2v) is 6.60. The van der Waals surface area contributed by atoms with Gasteiger partial charge in [0, 0.05) is 26.1 Å². The number of amides is 2. The highest BCUT2D eigenvalue weighted by molar-refractivity contribution is 5.93. The third kappa shape index (κ3) is 4.95. The Labute approximate surface area is 153 Å². The first-order valence-corrected chi connectivity index (χ1v) is 9.00. The number of anilines is 2. The van der Waals surface area contributed by atoms with Gasteiger partial charge in [0.1, 0.15) is 12.2 Å². The Kier molecular flexibility index (Phi) is 6.06. The van der Waals surface area contributed by atoms with Crippen molar-refractivity contribution >= 4 is 17.4 Å². The number of hydrogen-bond donors (Lipinski definition) is 3. The van der Waals surface area contributed by atoms with Crippen LogP contribution in [0.15, 0.2) is 30.6 Å². The lowest BCUT2D eigenvalue weighted by atomic mass is 10.1. The summed E-state index contributed by atoms with van der Waals surface area (Å²) in [5.74, 6) is 0.827. The van der Waals surface area contributed by atoms with E-state index in [1.54, 1.807) is 0 Å². The topological polar surface area (TPSA) is 95.2 Å². The summed E-state index contributed by atoms with van der Waals surface area (Å²) >= 11 is 0. The molecular formula is C18H26N6O2. The summed E-state index contributed by atoms with van der Waals surface area (Å²) in [5.41, 5.74) is 1.83. The molecule has 0 saturated carbocycles. The summed E-state index contributed by atoms with van der Waals surface area (Å²) in [7, 11) is 0. The number of H-pyrrole nitrogens is 1. The first-order chi connectivity index (χ1) is 12.6. The Morgan fingerprint density at radius 3 is 2.81 bits per heavy atom. The van der Waals surface area contributed by atoms with Gasteiger partial charge in [-0.3, -0.25) is 5.10 Å². The van der Waals surface area contributed by atoms with Crippen molar-refractivity contribution in [3.8, 4) is 0 Å². The van der Waals surface area contributed by atoms with Crippen LogP contribution in [0.25, 0.3) is 0 Å². The number of nitrogens with zero attached hydrogens (tertiary/aromatic N) is 3. The number of aromatic amines is 1. The number of morpholine rings is 1. The highest BCUT2D eigenvalue weighted by Crippen LogP contribution is 2.28. The zero-order valence-electron chi connectivity index (χ0n) is 15.2. The molecule has 1 saturated heterocycles. The van der Waals surface area contributed by atoms with Crippen LogP contribution in [0.3, 0.4) is 0 Å². The maximum atomic E-state index is 12.2. The van der Waals surface area contributed by atoms with Gasteiger partial charge in [0.15, 0.2) is 0 Å². The Bertz CT molecular complexity index is 695. The van der Waals surface area contributed by atoms with Crippen molar-refractivity contribution in [3.05, 3.63) is 36.4 Å². The zero-order chi connectivity index (χ0) is 18.4. The minimum absolute atomic E-state index is 0.164. The van der Waals surface area contributed by atoms with Crippen LogP contribution in [-0.4, -0.2) is 53.1 Å². The predicted octanol–water partition coefficient (Wildman–Crippen LogP) is 2.17. The number of urea groups is 1. The first-order valence-electron chi connectivity index (χ1n) is 9.00. The summed E-state index contributed by atoms with van der Waals surface area (Å²) in [6.45, 7) is 6.32. The molecule has 2 amide bonds. The van der Waals surface area contributed by atoms with E-state index < -0.39 is 0 Å². The van der Waals surface area contributed by atoms with E-state index in [2.05, 4.69) is 44.6 Å². The molecule has 1 fully saturated rings. The number of benzene rings is 1. The van der Waals surface area contributed by atoms with E-state index in [4.69, 9.17) is 4.74 Å². The number of carbonyl (C=O) groups excluding carboxylic acids is 1. The minimum atomic E-state index is -0.204. The van der Waals surface area contributed by atoms with Gasteiger partial charge in [-0.15, -0.1) is 0 Å². The lowest BCUT2D eigenvalue weighted by molar-refractivity contribution is -0.00517. The van der Waals surface area contributed by atoms with E-state index in [1.807, 2.05) is 24.3 Å². The number of para-hydroxylation sites is 2. The monoisotopic (exact) mass is 358 g/mol. The van der Waals surface area contributed by atoms with Gasteiger partial charge >= 0.3 is 6.03 Å². The summed E-state index contributed by atoms with van der Waals surface area (Å²) in [4.78, 5) is 18.6. The van der Waals surface area contributed by atoms with Crippen LogP contribution in [0.2, 0.25) is 0 Å². The fourth-order valence-electron chi connectivity index (χ4n) is 3.21. The molecule has 2 aromatic rings. The molecule has 1 aromatic carbocycles. The smallest absolute Gasteiger partial charge is 0.319 e. The van der Waals surface area contributed by atoms with Crippen molar-refractivity contribution in [2.45, 2.75) is 38.9 Å². The SMILES string of the molecule is C[C@H]1CN(c2ccccc2NC(=O)NCCCc2ncn[nH]2)C[C@H](C)O1. The molecule has 8 nitrogen and oxygen atoms in total. The Balaban J connectivity index is 1.53. The van der Waals surface area contributed by atoms with E-state index in [0.29, 0.717) is 6.54 Å². The molecule has 1 aromatic heterocycles. The van der Waals surface area contributed by atoms with Crippen LogP contribution in [0.5, 0.6) is 0 Å². The molecule has 26 heavy (non-hydrogen) atoms. The van der Waals surface area contributed by atoms with Gasteiger partial charge in [-0.1, -0.05) is 12.1 Å². The molecule has 8 heteroatoms. The third-order valence-electron chi connectivity index (χ3n) is 4.25. The lowest BCUT2D eigenvalue weighted by Gasteiger charge is -2.37. The van der Waals surface area contributed by atoms with E-state index in [0.717, 1.165) is 43.1 Å². The van der Waals surface area contributed by atoms with Crippen molar-refractivity contribution in [3.63, 3.8) is 0 Å². The quantitative estimate of drug-likeness (QED) is 0.688. The standard InChI is InChI=1S/C18H26N6O2/c1-13-10-24(11-14(2)26-13)16-7-4-3-6-15(16)22-18(25)19-9-5-8-17-20-12-21-23-17/h3-4,6-7,12-14H,5,8-11H2,1-2H3,(H2,19,22,25)(H,20,21,23)/t13-,14-/m0/s1. The molecule has 3 rings (SSSR count). The van der Waals surface area contributed by atoms with E-state index in [1.165, 1.54) is 6.33 Å². The molecule has 0 bridgehead atoms. The van der Waals surface area contributed by atoms with Crippen LogP contribution in [0, 0.1) is 0 Å². The molecule has 2 atom stereocenters. The molecule has 0 unspecified atom stereocenters. The van der Waals surface area contributed by atoms with Crippen LogP contribution in [0.4, 0.5) is 16.2 Å². The summed E-state index contributed by atoms with van der Waals surface area (Å²) in [5, 5.41) is 12.5. The summed E-state index contributed by atoms with van der Waals surface area (Å²) < 4.78 is 5.80. The highest BCUT2D eigenvalue weighted by Gasteiger charge is 2.24. The van der Waals surface area contributed by atoms with Gasteiger partial charge in [-0.2, -0.15) is 5.10 Å². The average Bonchev–Trinajstić information content (AvgIpc) is 3.12. The summed E-state index contributed by atoms with van der Waals surface area (Å²) in [6.07, 6.45) is 3.36. The number of aryl methyl sites for hydroxylation is 1. The molecular weight excluding hydrogens is 332 g/mol. The molecule has 3 N–H and O–H groups in total. The third-order valence-corrected chi connectivity index (χ3v) is 4.25. The van der Waals surface area contributed by atoms with Gasteiger partial charge in [-0.25, -0.2) is 9.78 Å². The number of aromatic nitrogens is 3. The number of hydrogen-bond acceptors (Lipinski definition) is 5. The van der Waals surface area contributed by atoms with Crippen molar-refractivity contribution < 1.29 is 9.53 Å². The van der Waals surface area contributed by atoms with E-state index in [9.17, 15) is 4.79 Å². The zero-order valence-corrected chi connectivity index (χ0v) is 15.2. The van der Waals surface area contributed by atoms with Crippen molar-refractivity contribution in [1.29, 1.82) is 0 Å². The van der Waals surface area contributed by atoms with Gasteiger partial charge in [-0.05, 0) is 32.4 Å². The van der Waals surface area contributed by atoms with Gasteiger partial charge in [0.05, 0.1) is 23.6 Å². The molecule has 0 aliphatic carbocycles. The van der Waals surface area contributed by atoms with Gasteiger partial charge < -0.3 is 20.3 Å². The van der Waals surface area contributed by atoms with Crippen molar-refractivity contribution in [2.75, 3.05) is 29.9 Å². The number of nitrogens with one attached hydrogen (secondary N) is 3. The second-order valence-electron chi connectivity index (χ2n) is 6.60. The van der Waals surface area contributed by atoms with Gasteiger partial charge in [0.25, 0.3) is 0 Å². The molecule has 2 heterocycles. The predicted molar refractivity (Wildman–Crippen MR) is 100 cm³/mol. The maximum Gasteiger partial charge on any atom is 0.319 e. The Morgan fingerprint density at radius 2 is 2.08 bits per heavy atom. The van der Waals surface area contributed by atoms with Crippen LogP contribution in [-0.2, 0) is 11.2 Å². The Hall–Kier alpha value is -2.61. The average molecular weight is 358 g/mol.